The van der Waals surface area contributed by atoms with E-state index in [0.29, 0.717) is 29.4 Å². The van der Waals surface area contributed by atoms with Gasteiger partial charge in [0.25, 0.3) is 0 Å². The van der Waals surface area contributed by atoms with Crippen LogP contribution in [0.5, 0.6) is 0 Å². The second kappa shape index (κ2) is 7.89. The van der Waals surface area contributed by atoms with Gasteiger partial charge in [0.1, 0.15) is 0 Å². The number of alkyl halides is 3. The number of anilines is 2. The number of aromatic nitrogens is 2. The van der Waals surface area contributed by atoms with Gasteiger partial charge in [-0.05, 0) is 42.5 Å². The molecule has 0 saturated carbocycles. The molecule has 0 bridgehead atoms. The molecule has 0 radical (unpaired) electrons. The Labute approximate surface area is 162 Å². The predicted molar refractivity (Wildman–Crippen MR) is 98.2 cm³/mol. The number of halogens is 4. The summed E-state index contributed by atoms with van der Waals surface area (Å²) in [7, 11) is 0. The second-order valence-corrected chi connectivity index (χ2v) is 6.12. The summed E-state index contributed by atoms with van der Waals surface area (Å²) < 4.78 is 43.7. The van der Waals surface area contributed by atoms with Crippen LogP contribution in [0, 0.1) is 0 Å². The van der Waals surface area contributed by atoms with E-state index in [4.69, 9.17) is 16.1 Å². The number of carbonyl (C=O) groups is 1. The standard InChI is InChI=1S/C18H14ClF3N4O2/c1-2-15-25-16(26-28-15)10-3-5-11(6-4-10)23-17(27)24-12-7-8-14(19)13(9-12)18(20,21)22/h3-9H,2H2,1H3,(H2,23,24,27). The molecule has 0 aliphatic carbocycles. The van der Waals surface area contributed by atoms with Crippen molar-refractivity contribution in [3.05, 3.63) is 58.9 Å². The third-order valence-corrected chi connectivity index (χ3v) is 4.03. The summed E-state index contributed by atoms with van der Waals surface area (Å²) in [6.07, 6.45) is -4.00. The van der Waals surface area contributed by atoms with E-state index >= 15 is 0 Å². The van der Waals surface area contributed by atoms with Crippen LogP contribution in [0.15, 0.2) is 47.0 Å². The van der Waals surface area contributed by atoms with Crippen molar-refractivity contribution in [1.82, 2.24) is 10.1 Å². The van der Waals surface area contributed by atoms with Crippen LogP contribution < -0.4 is 10.6 Å². The molecule has 6 nitrogen and oxygen atoms in total. The van der Waals surface area contributed by atoms with E-state index in [9.17, 15) is 18.0 Å². The van der Waals surface area contributed by atoms with Gasteiger partial charge in [-0.2, -0.15) is 18.2 Å². The van der Waals surface area contributed by atoms with Crippen LogP contribution in [0.1, 0.15) is 18.4 Å². The van der Waals surface area contributed by atoms with Crippen LogP contribution in [-0.4, -0.2) is 16.2 Å². The van der Waals surface area contributed by atoms with Crippen molar-refractivity contribution in [1.29, 1.82) is 0 Å². The number of aryl methyl sites for hydroxylation is 1. The highest BCUT2D eigenvalue weighted by Crippen LogP contribution is 2.36. The molecule has 0 atom stereocenters. The van der Waals surface area contributed by atoms with Gasteiger partial charge in [-0.1, -0.05) is 23.7 Å². The van der Waals surface area contributed by atoms with Crippen LogP contribution >= 0.6 is 11.6 Å². The molecule has 146 valence electrons. The summed E-state index contributed by atoms with van der Waals surface area (Å²) in [6, 6.07) is 9.02. The summed E-state index contributed by atoms with van der Waals surface area (Å²) in [5.41, 5.74) is 0.0695. The van der Waals surface area contributed by atoms with E-state index in [1.54, 1.807) is 24.3 Å². The van der Waals surface area contributed by atoms with Gasteiger partial charge in [0.05, 0.1) is 10.6 Å². The normalized spacial score (nSPS) is 11.3. The van der Waals surface area contributed by atoms with Crippen molar-refractivity contribution < 1.29 is 22.5 Å². The first-order valence-corrected chi connectivity index (χ1v) is 8.52. The maximum absolute atomic E-state index is 12.9. The minimum Gasteiger partial charge on any atom is -0.339 e. The fourth-order valence-corrected chi connectivity index (χ4v) is 2.56. The predicted octanol–water partition coefficient (Wildman–Crippen LogP) is 5.62. The van der Waals surface area contributed by atoms with Crippen molar-refractivity contribution in [3.63, 3.8) is 0 Å². The van der Waals surface area contributed by atoms with Gasteiger partial charge in [-0.25, -0.2) is 4.79 Å². The van der Waals surface area contributed by atoms with Gasteiger partial charge in [-0.15, -0.1) is 0 Å². The van der Waals surface area contributed by atoms with Crippen LogP contribution in [0.3, 0.4) is 0 Å². The van der Waals surface area contributed by atoms with Gasteiger partial charge in [-0.3, -0.25) is 0 Å². The van der Waals surface area contributed by atoms with Gasteiger partial charge >= 0.3 is 12.2 Å². The number of hydrogen-bond donors (Lipinski definition) is 2. The molecule has 0 spiro atoms. The average molecular weight is 411 g/mol. The molecule has 2 N–H and O–H groups in total. The van der Waals surface area contributed by atoms with Gasteiger partial charge < -0.3 is 15.2 Å². The largest absolute Gasteiger partial charge is 0.417 e. The molecule has 1 heterocycles. The molecule has 0 aliphatic rings. The summed E-state index contributed by atoms with van der Waals surface area (Å²) >= 11 is 5.56. The lowest BCUT2D eigenvalue weighted by molar-refractivity contribution is -0.137. The van der Waals surface area contributed by atoms with Crippen LogP contribution in [-0.2, 0) is 12.6 Å². The topological polar surface area (TPSA) is 80.0 Å². The van der Waals surface area contributed by atoms with Crippen molar-refractivity contribution in [2.45, 2.75) is 19.5 Å². The molecule has 1 aromatic heterocycles. The lowest BCUT2D eigenvalue weighted by Crippen LogP contribution is -2.19. The van der Waals surface area contributed by atoms with E-state index in [2.05, 4.69) is 20.8 Å². The monoisotopic (exact) mass is 410 g/mol. The SMILES string of the molecule is CCc1nc(-c2ccc(NC(=O)Nc3ccc(Cl)c(C(F)(F)F)c3)cc2)no1. The third kappa shape index (κ3) is 4.61. The van der Waals surface area contributed by atoms with Crippen LogP contribution in [0.2, 0.25) is 5.02 Å². The highest BCUT2D eigenvalue weighted by Gasteiger charge is 2.33. The lowest BCUT2D eigenvalue weighted by atomic mass is 10.2. The summed E-state index contributed by atoms with van der Waals surface area (Å²) in [5.74, 6) is 0.937. The van der Waals surface area contributed by atoms with E-state index in [-0.39, 0.29) is 5.69 Å². The number of urea groups is 1. The first-order chi connectivity index (χ1) is 13.3. The van der Waals surface area contributed by atoms with Crippen molar-refractivity contribution >= 4 is 29.0 Å². The molecule has 0 fully saturated rings. The first-order valence-electron chi connectivity index (χ1n) is 8.14. The average Bonchev–Trinajstić information content (AvgIpc) is 3.12. The summed E-state index contributed by atoms with van der Waals surface area (Å²) in [5, 5.41) is 8.28. The third-order valence-electron chi connectivity index (χ3n) is 3.70. The Kier molecular flexibility index (Phi) is 5.55. The summed E-state index contributed by atoms with van der Waals surface area (Å²) in [6.45, 7) is 1.89. The minimum absolute atomic E-state index is 0.0373. The molecule has 10 heteroatoms. The number of amides is 2. The molecule has 2 aromatic carbocycles. The number of rotatable bonds is 4. The fourth-order valence-electron chi connectivity index (χ4n) is 2.33. The lowest BCUT2D eigenvalue weighted by Gasteiger charge is -2.12. The zero-order valence-electron chi connectivity index (χ0n) is 14.5. The number of hydrogen-bond acceptors (Lipinski definition) is 4. The Bertz CT molecular complexity index is 987. The van der Waals surface area contributed by atoms with Gasteiger partial charge in [0.15, 0.2) is 0 Å². The van der Waals surface area contributed by atoms with Gasteiger partial charge in [0, 0.05) is 23.4 Å². The number of carbonyl (C=O) groups excluding carboxylic acids is 1. The van der Waals surface area contributed by atoms with Gasteiger partial charge in [0.2, 0.25) is 11.7 Å². The second-order valence-electron chi connectivity index (χ2n) is 5.71. The van der Waals surface area contributed by atoms with E-state index < -0.39 is 22.8 Å². The van der Waals surface area contributed by atoms with E-state index in [1.165, 1.54) is 6.07 Å². The van der Waals surface area contributed by atoms with Crippen molar-refractivity contribution in [2.24, 2.45) is 0 Å². The van der Waals surface area contributed by atoms with E-state index in [0.717, 1.165) is 12.1 Å². The molecule has 3 rings (SSSR count). The van der Waals surface area contributed by atoms with Crippen LogP contribution in [0.4, 0.5) is 29.3 Å². The fraction of sp³-hybridized carbons (Fsp3) is 0.167. The Balaban J connectivity index is 1.67. The highest BCUT2D eigenvalue weighted by molar-refractivity contribution is 6.31. The van der Waals surface area contributed by atoms with Crippen molar-refractivity contribution in [3.8, 4) is 11.4 Å². The zero-order valence-corrected chi connectivity index (χ0v) is 15.2. The van der Waals surface area contributed by atoms with Crippen LogP contribution in [0.25, 0.3) is 11.4 Å². The first kappa shape index (κ1) is 19.7. The smallest absolute Gasteiger partial charge is 0.339 e. The van der Waals surface area contributed by atoms with Crippen molar-refractivity contribution in [2.75, 3.05) is 10.6 Å². The number of benzene rings is 2. The molecule has 0 aliphatic heterocycles. The molecular formula is C18H14ClF3N4O2. The molecule has 28 heavy (non-hydrogen) atoms. The maximum atomic E-state index is 12.9. The minimum atomic E-state index is -4.62. The number of nitrogens with one attached hydrogen (secondary N) is 2. The quantitative estimate of drug-likeness (QED) is 0.585. The summed E-state index contributed by atoms with van der Waals surface area (Å²) in [4.78, 5) is 16.2. The highest BCUT2D eigenvalue weighted by atomic mass is 35.5. The zero-order chi connectivity index (χ0) is 20.3. The Morgan fingerprint density at radius 3 is 2.36 bits per heavy atom. The molecule has 0 unspecified atom stereocenters. The molecule has 2 amide bonds. The van der Waals surface area contributed by atoms with E-state index in [1.807, 2.05) is 6.92 Å². The Morgan fingerprint density at radius 1 is 1.11 bits per heavy atom. The molecule has 3 aromatic rings. The Morgan fingerprint density at radius 2 is 1.75 bits per heavy atom. The molecule has 0 saturated heterocycles. The maximum Gasteiger partial charge on any atom is 0.417 e. The Hall–Kier alpha value is -3.07. The molecular weight excluding hydrogens is 397 g/mol. The number of nitrogens with zero attached hydrogens (tertiary/aromatic N) is 2.